The lowest BCUT2D eigenvalue weighted by Gasteiger charge is -2.39. The van der Waals surface area contributed by atoms with E-state index >= 15 is 0 Å². The SMILES string of the molecule is Cc1cc(-c2cccc(CN)c2)nc2cc(C(=O)N3CCN(C(=O)c4cn(C5CC5)nn4)C(C)C3)ccc12. The van der Waals surface area contributed by atoms with Crippen molar-refractivity contribution in [3.8, 4) is 11.3 Å². The molecule has 9 nitrogen and oxygen atoms in total. The van der Waals surface area contributed by atoms with E-state index in [1.807, 2.05) is 48.2 Å². The smallest absolute Gasteiger partial charge is 0.276 e. The molecular weight excluding hydrogens is 478 g/mol. The number of pyridine rings is 1. The van der Waals surface area contributed by atoms with Gasteiger partial charge < -0.3 is 15.5 Å². The summed E-state index contributed by atoms with van der Waals surface area (Å²) < 4.78 is 1.79. The number of piperazine rings is 1. The maximum absolute atomic E-state index is 13.5. The van der Waals surface area contributed by atoms with Crippen molar-refractivity contribution in [2.24, 2.45) is 5.73 Å². The van der Waals surface area contributed by atoms with Gasteiger partial charge in [0.15, 0.2) is 5.69 Å². The van der Waals surface area contributed by atoms with Gasteiger partial charge in [0.2, 0.25) is 0 Å². The van der Waals surface area contributed by atoms with Crippen LogP contribution in [0.1, 0.15) is 57.8 Å². The van der Waals surface area contributed by atoms with Crippen molar-refractivity contribution in [3.05, 3.63) is 77.1 Å². The van der Waals surface area contributed by atoms with Gasteiger partial charge in [0.05, 0.1) is 23.4 Å². The van der Waals surface area contributed by atoms with E-state index in [2.05, 4.69) is 29.4 Å². The van der Waals surface area contributed by atoms with Crippen LogP contribution in [0.5, 0.6) is 0 Å². The third-order valence-electron chi connectivity index (χ3n) is 7.55. The van der Waals surface area contributed by atoms with Crippen LogP contribution in [0.4, 0.5) is 0 Å². The first-order valence-electron chi connectivity index (χ1n) is 13.1. The Morgan fingerprint density at radius 3 is 2.66 bits per heavy atom. The molecule has 3 heterocycles. The first kappa shape index (κ1) is 24.2. The van der Waals surface area contributed by atoms with Crippen LogP contribution in [-0.2, 0) is 6.54 Å². The lowest BCUT2D eigenvalue weighted by atomic mass is 10.0. The first-order valence-corrected chi connectivity index (χ1v) is 13.1. The standard InChI is InChI=1S/C29H31N7O2/c1-18-12-25(21-5-3-4-20(13-21)15-30)31-26-14-22(6-9-24(18)26)28(37)34-10-11-35(19(2)16-34)29(38)27-17-36(33-32-27)23-7-8-23/h3-6,9,12-14,17,19,23H,7-8,10-11,15-16,30H2,1-2H3. The zero-order valence-corrected chi connectivity index (χ0v) is 21.7. The Kier molecular flexibility index (Phi) is 6.15. The van der Waals surface area contributed by atoms with Gasteiger partial charge in [0.1, 0.15) is 0 Å². The molecule has 1 aliphatic carbocycles. The number of fused-ring (bicyclic) bond motifs is 1. The van der Waals surface area contributed by atoms with Gasteiger partial charge in [-0.05, 0) is 62.1 Å². The second kappa shape index (κ2) is 9.64. The summed E-state index contributed by atoms with van der Waals surface area (Å²) in [6.07, 6.45) is 3.91. The highest BCUT2D eigenvalue weighted by Gasteiger charge is 2.33. The molecule has 2 N–H and O–H groups in total. The lowest BCUT2D eigenvalue weighted by molar-refractivity contribution is 0.0411. The molecule has 0 bridgehead atoms. The number of carbonyl (C=O) groups excluding carboxylic acids is 2. The molecule has 2 aromatic heterocycles. The average molecular weight is 510 g/mol. The number of nitrogens with zero attached hydrogens (tertiary/aromatic N) is 6. The molecule has 0 spiro atoms. The Bertz CT molecular complexity index is 1540. The van der Waals surface area contributed by atoms with Crippen LogP contribution < -0.4 is 5.73 Å². The molecular formula is C29H31N7O2. The topological polar surface area (TPSA) is 110 Å². The molecule has 4 aromatic rings. The summed E-state index contributed by atoms with van der Waals surface area (Å²) in [5, 5.41) is 9.22. The number of amides is 2. The molecule has 2 aliphatic rings. The van der Waals surface area contributed by atoms with Crippen molar-refractivity contribution in [1.82, 2.24) is 29.8 Å². The van der Waals surface area contributed by atoms with E-state index in [9.17, 15) is 9.59 Å². The van der Waals surface area contributed by atoms with Crippen molar-refractivity contribution < 1.29 is 9.59 Å². The van der Waals surface area contributed by atoms with Crippen LogP contribution in [0.25, 0.3) is 22.2 Å². The molecule has 2 aromatic carbocycles. The molecule has 2 amide bonds. The average Bonchev–Trinajstić information content (AvgIpc) is 3.68. The third kappa shape index (κ3) is 4.54. The van der Waals surface area contributed by atoms with Crippen molar-refractivity contribution in [2.45, 2.75) is 45.3 Å². The van der Waals surface area contributed by atoms with Crippen LogP contribution in [0.3, 0.4) is 0 Å². The van der Waals surface area contributed by atoms with Gasteiger partial charge in [-0.15, -0.1) is 5.10 Å². The van der Waals surface area contributed by atoms with Gasteiger partial charge in [-0.3, -0.25) is 9.59 Å². The van der Waals surface area contributed by atoms with Crippen molar-refractivity contribution in [3.63, 3.8) is 0 Å². The molecule has 9 heteroatoms. The van der Waals surface area contributed by atoms with Gasteiger partial charge in [-0.1, -0.05) is 29.5 Å². The van der Waals surface area contributed by atoms with Crippen molar-refractivity contribution in [1.29, 1.82) is 0 Å². The number of rotatable bonds is 5. The molecule has 0 radical (unpaired) electrons. The molecule has 38 heavy (non-hydrogen) atoms. The number of nitrogens with two attached hydrogens (primary N) is 1. The third-order valence-corrected chi connectivity index (χ3v) is 7.55. The first-order chi connectivity index (χ1) is 18.4. The molecule has 1 saturated heterocycles. The molecule has 2 fully saturated rings. The number of aromatic nitrogens is 4. The maximum atomic E-state index is 13.5. The second-order valence-corrected chi connectivity index (χ2v) is 10.4. The Labute approximate surface area is 221 Å². The minimum Gasteiger partial charge on any atom is -0.335 e. The van der Waals surface area contributed by atoms with Gasteiger partial charge in [0.25, 0.3) is 11.8 Å². The van der Waals surface area contributed by atoms with Crippen molar-refractivity contribution in [2.75, 3.05) is 19.6 Å². The minimum absolute atomic E-state index is 0.0551. The summed E-state index contributed by atoms with van der Waals surface area (Å²) in [6, 6.07) is 16.1. The van der Waals surface area contributed by atoms with Crippen molar-refractivity contribution >= 4 is 22.7 Å². The monoisotopic (exact) mass is 509 g/mol. The number of carbonyl (C=O) groups is 2. The number of aryl methyl sites for hydroxylation is 1. The maximum Gasteiger partial charge on any atom is 0.276 e. The van der Waals surface area contributed by atoms with E-state index in [-0.39, 0.29) is 17.9 Å². The molecule has 6 rings (SSSR count). The van der Waals surface area contributed by atoms with Crippen LogP contribution in [0.15, 0.2) is 54.7 Å². The largest absolute Gasteiger partial charge is 0.335 e. The predicted octanol–water partition coefficient (Wildman–Crippen LogP) is 3.58. The normalized spacial score (nSPS) is 17.7. The van der Waals surface area contributed by atoms with E-state index in [4.69, 9.17) is 10.7 Å². The highest BCUT2D eigenvalue weighted by atomic mass is 16.2. The second-order valence-electron chi connectivity index (χ2n) is 10.4. The molecule has 194 valence electrons. The Balaban J connectivity index is 1.20. The fraction of sp³-hybridized carbons (Fsp3) is 0.345. The lowest BCUT2D eigenvalue weighted by Crippen LogP contribution is -2.55. The molecule has 1 atom stereocenters. The fourth-order valence-corrected chi connectivity index (χ4v) is 5.21. The molecule has 1 unspecified atom stereocenters. The fourth-order valence-electron chi connectivity index (χ4n) is 5.21. The van der Waals surface area contributed by atoms with Gasteiger partial charge >= 0.3 is 0 Å². The summed E-state index contributed by atoms with van der Waals surface area (Å²) in [6.45, 7) is 5.87. The van der Waals surface area contributed by atoms with Crippen LogP contribution in [0, 0.1) is 6.92 Å². The van der Waals surface area contributed by atoms with Crippen LogP contribution in [0.2, 0.25) is 0 Å². The number of hydrogen-bond acceptors (Lipinski definition) is 6. The Hall–Kier alpha value is -4.11. The summed E-state index contributed by atoms with van der Waals surface area (Å²) in [7, 11) is 0. The Morgan fingerprint density at radius 1 is 1.05 bits per heavy atom. The highest BCUT2D eigenvalue weighted by Crippen LogP contribution is 2.34. The summed E-state index contributed by atoms with van der Waals surface area (Å²) in [5.41, 5.74) is 11.6. The van der Waals surface area contributed by atoms with Crippen LogP contribution >= 0.6 is 0 Å². The predicted molar refractivity (Wildman–Crippen MR) is 145 cm³/mol. The highest BCUT2D eigenvalue weighted by molar-refractivity contribution is 5.99. The minimum atomic E-state index is -0.131. The van der Waals surface area contributed by atoms with E-state index in [1.165, 1.54) is 0 Å². The van der Waals surface area contributed by atoms with E-state index < -0.39 is 0 Å². The van der Waals surface area contributed by atoms with E-state index in [1.54, 1.807) is 15.8 Å². The van der Waals surface area contributed by atoms with Gasteiger partial charge in [-0.2, -0.15) is 0 Å². The summed E-state index contributed by atoms with van der Waals surface area (Å²) in [4.78, 5) is 35.1. The summed E-state index contributed by atoms with van der Waals surface area (Å²) in [5.74, 6) is -0.186. The number of hydrogen-bond donors (Lipinski definition) is 1. The molecule has 1 saturated carbocycles. The zero-order valence-electron chi connectivity index (χ0n) is 21.7. The van der Waals surface area contributed by atoms with Gasteiger partial charge in [-0.25, -0.2) is 9.67 Å². The Morgan fingerprint density at radius 2 is 1.89 bits per heavy atom. The van der Waals surface area contributed by atoms with Gasteiger partial charge in [0, 0.05) is 48.7 Å². The van der Waals surface area contributed by atoms with Crippen LogP contribution in [-0.4, -0.2) is 67.3 Å². The van der Waals surface area contributed by atoms with E-state index in [0.29, 0.717) is 43.5 Å². The van der Waals surface area contributed by atoms with E-state index in [0.717, 1.165) is 46.1 Å². The quantitative estimate of drug-likeness (QED) is 0.440. The summed E-state index contributed by atoms with van der Waals surface area (Å²) >= 11 is 0. The number of benzene rings is 2. The molecule has 1 aliphatic heterocycles. The zero-order chi connectivity index (χ0) is 26.4.